The molecule has 7 heavy (non-hydrogen) atoms. The van der Waals surface area contributed by atoms with E-state index in [0.717, 1.165) is 6.42 Å². The van der Waals surface area contributed by atoms with Crippen molar-refractivity contribution in [1.29, 1.82) is 0 Å². The molecular weight excluding hydrogens is 88.1 g/mol. The quantitative estimate of drug-likeness (QED) is 0.478. The summed E-state index contributed by atoms with van der Waals surface area (Å²) in [6.45, 7) is 3.57. The highest BCUT2D eigenvalue weighted by molar-refractivity contribution is 4.81. The molecule has 1 nitrogen and oxygen atoms in total. The van der Waals surface area contributed by atoms with E-state index >= 15 is 0 Å². The zero-order valence-corrected chi connectivity index (χ0v) is 4.39. The van der Waals surface area contributed by atoms with E-state index in [9.17, 15) is 5.11 Å². The van der Waals surface area contributed by atoms with Crippen LogP contribution in [-0.4, -0.2) is 6.61 Å². The fourth-order valence-electron chi connectivity index (χ4n) is 0.304. The van der Waals surface area contributed by atoms with Crippen molar-refractivity contribution < 1.29 is 5.11 Å². The maximum absolute atomic E-state index is 9.73. The Hall–Kier alpha value is -0.300. The van der Waals surface area contributed by atoms with Crippen LogP contribution < -0.4 is 0 Å². The molecule has 0 atom stereocenters. The summed E-state index contributed by atoms with van der Waals surface area (Å²) in [5, 5.41) is 9.73. The van der Waals surface area contributed by atoms with Gasteiger partial charge in [-0.1, -0.05) is 12.2 Å². The number of hydrogen-bond acceptors (Lipinski definition) is 0. The van der Waals surface area contributed by atoms with Crippen LogP contribution in [0.2, 0.25) is 0 Å². The van der Waals surface area contributed by atoms with Crippen LogP contribution >= 0.6 is 0 Å². The third-order valence-electron chi connectivity index (χ3n) is 0.618. The van der Waals surface area contributed by atoms with E-state index in [4.69, 9.17) is 0 Å². The van der Waals surface area contributed by atoms with Gasteiger partial charge in [-0.15, -0.1) is 0 Å². The standard InChI is InChI=1S/C6H10O/c1-2-3-4-5-6-7/h3-4H,1-2,5-6H2. The number of allylic oxidation sites excluding steroid dienone is 1. The minimum Gasteiger partial charge on any atom is -0.236 e. The lowest BCUT2D eigenvalue weighted by atomic mass is 10.3. The van der Waals surface area contributed by atoms with E-state index in [-0.39, 0.29) is 6.61 Å². The fraction of sp³-hybridized carbons (Fsp3) is 0.500. The summed E-state index contributed by atoms with van der Waals surface area (Å²) in [5.74, 6) is 0. The molecule has 2 radical (unpaired) electrons. The smallest absolute Gasteiger partial charge is 0.0856 e. The van der Waals surface area contributed by atoms with Crippen molar-refractivity contribution in [2.75, 3.05) is 6.61 Å². The molecule has 0 rings (SSSR count). The third kappa shape index (κ3) is 5.70. The van der Waals surface area contributed by atoms with Gasteiger partial charge in [-0.05, 0) is 19.8 Å². The van der Waals surface area contributed by atoms with E-state index < -0.39 is 0 Å². The molecule has 0 heterocycles. The van der Waals surface area contributed by atoms with Gasteiger partial charge in [0.1, 0.15) is 0 Å². The lowest BCUT2D eigenvalue weighted by Gasteiger charge is -1.77. The van der Waals surface area contributed by atoms with Crippen molar-refractivity contribution in [1.82, 2.24) is 0 Å². The zero-order chi connectivity index (χ0) is 5.54. The lowest BCUT2D eigenvalue weighted by molar-refractivity contribution is 0.199. The Labute approximate surface area is 44.7 Å². The molecule has 0 aromatic carbocycles. The van der Waals surface area contributed by atoms with Gasteiger partial charge in [-0.25, -0.2) is 5.11 Å². The second-order valence-corrected chi connectivity index (χ2v) is 1.25. The van der Waals surface area contributed by atoms with Crippen LogP contribution in [0.25, 0.3) is 0 Å². The van der Waals surface area contributed by atoms with Gasteiger partial charge in [-0.2, -0.15) is 0 Å². The normalized spacial score (nSPS) is 10.6. The predicted molar refractivity (Wildman–Crippen MR) is 29.3 cm³/mol. The molecule has 40 valence electrons. The Morgan fingerprint density at radius 3 is 2.57 bits per heavy atom. The van der Waals surface area contributed by atoms with Crippen LogP contribution in [0.5, 0.6) is 0 Å². The molecule has 0 aliphatic carbocycles. The highest BCUT2D eigenvalue weighted by Crippen LogP contribution is 1.82. The van der Waals surface area contributed by atoms with E-state index in [2.05, 4.69) is 6.92 Å². The summed E-state index contributed by atoms with van der Waals surface area (Å²) in [6.07, 6.45) is 5.20. The van der Waals surface area contributed by atoms with Crippen molar-refractivity contribution >= 4 is 0 Å². The molecule has 0 spiro atoms. The second-order valence-electron chi connectivity index (χ2n) is 1.25. The summed E-state index contributed by atoms with van der Waals surface area (Å²) in [6, 6.07) is 0. The van der Waals surface area contributed by atoms with Gasteiger partial charge in [0.15, 0.2) is 0 Å². The molecule has 0 bridgehead atoms. The highest BCUT2D eigenvalue weighted by Gasteiger charge is 1.70. The fourth-order valence-corrected chi connectivity index (χ4v) is 0.304. The Bertz CT molecular complexity index is 48.1. The van der Waals surface area contributed by atoms with Crippen LogP contribution in [0.15, 0.2) is 12.2 Å². The Balaban J connectivity index is 2.78. The first-order valence-electron chi connectivity index (χ1n) is 2.44. The number of rotatable bonds is 3. The predicted octanol–water partition coefficient (Wildman–Crippen LogP) is 1.59. The van der Waals surface area contributed by atoms with Gasteiger partial charge in [0.05, 0.1) is 6.61 Å². The first kappa shape index (κ1) is 6.70. The average Bonchev–Trinajstić information content (AvgIpc) is 1.69. The van der Waals surface area contributed by atoms with E-state index in [0.29, 0.717) is 6.42 Å². The van der Waals surface area contributed by atoms with Gasteiger partial charge < -0.3 is 0 Å². The molecule has 0 saturated carbocycles. The molecule has 0 aliphatic heterocycles. The van der Waals surface area contributed by atoms with Crippen LogP contribution in [0, 0.1) is 6.92 Å². The van der Waals surface area contributed by atoms with Crippen LogP contribution in [0.1, 0.15) is 12.8 Å². The Morgan fingerprint density at radius 2 is 2.14 bits per heavy atom. The van der Waals surface area contributed by atoms with Crippen LogP contribution in [0.3, 0.4) is 0 Å². The highest BCUT2D eigenvalue weighted by atomic mass is 16.2. The van der Waals surface area contributed by atoms with Crippen molar-refractivity contribution in [2.24, 2.45) is 0 Å². The van der Waals surface area contributed by atoms with Gasteiger partial charge in [-0.3, -0.25) is 0 Å². The molecule has 0 aromatic rings. The van der Waals surface area contributed by atoms with Crippen LogP contribution in [0.4, 0.5) is 0 Å². The molecule has 0 saturated heterocycles. The Kier molecular flexibility index (Phi) is 5.46. The second kappa shape index (κ2) is 5.70. The molecule has 0 N–H and O–H groups in total. The van der Waals surface area contributed by atoms with Crippen molar-refractivity contribution in [3.05, 3.63) is 19.1 Å². The van der Waals surface area contributed by atoms with Gasteiger partial charge in [0, 0.05) is 0 Å². The number of hydrogen-bond donors (Lipinski definition) is 0. The Morgan fingerprint density at radius 1 is 1.43 bits per heavy atom. The first-order valence-corrected chi connectivity index (χ1v) is 2.44. The van der Waals surface area contributed by atoms with Crippen molar-refractivity contribution in [2.45, 2.75) is 12.8 Å². The van der Waals surface area contributed by atoms with E-state index in [1.165, 1.54) is 0 Å². The van der Waals surface area contributed by atoms with Crippen LogP contribution in [-0.2, 0) is 5.11 Å². The molecule has 0 aliphatic rings. The minimum atomic E-state index is -0.00347. The van der Waals surface area contributed by atoms with Gasteiger partial charge >= 0.3 is 0 Å². The van der Waals surface area contributed by atoms with E-state index in [1.54, 1.807) is 0 Å². The molecule has 0 fully saturated rings. The summed E-state index contributed by atoms with van der Waals surface area (Å²) in [4.78, 5) is 0. The lowest BCUT2D eigenvalue weighted by Crippen LogP contribution is -1.71. The first-order chi connectivity index (χ1) is 3.41. The zero-order valence-electron chi connectivity index (χ0n) is 4.39. The third-order valence-corrected chi connectivity index (χ3v) is 0.618. The maximum Gasteiger partial charge on any atom is 0.0856 e. The van der Waals surface area contributed by atoms with Gasteiger partial charge in [0.25, 0.3) is 0 Å². The van der Waals surface area contributed by atoms with Crippen molar-refractivity contribution in [3.63, 3.8) is 0 Å². The largest absolute Gasteiger partial charge is 0.236 e. The van der Waals surface area contributed by atoms with E-state index in [1.807, 2.05) is 12.2 Å². The molecule has 1 heteroatoms. The summed E-state index contributed by atoms with van der Waals surface area (Å²) in [5.41, 5.74) is 0. The summed E-state index contributed by atoms with van der Waals surface area (Å²) >= 11 is 0. The average molecular weight is 98.1 g/mol. The monoisotopic (exact) mass is 98.1 g/mol. The molecule has 0 aromatic heterocycles. The SMILES string of the molecule is [CH2]CC=CCC[O]. The summed E-state index contributed by atoms with van der Waals surface area (Å²) in [7, 11) is 0. The maximum atomic E-state index is 9.73. The molecular formula is C6H10O. The molecule has 0 amide bonds. The van der Waals surface area contributed by atoms with Crippen molar-refractivity contribution in [3.8, 4) is 0 Å². The molecule has 0 unspecified atom stereocenters. The summed E-state index contributed by atoms with van der Waals surface area (Å²) < 4.78 is 0. The minimum absolute atomic E-state index is 0.00347. The topological polar surface area (TPSA) is 19.9 Å². The van der Waals surface area contributed by atoms with Gasteiger partial charge in [0.2, 0.25) is 0 Å².